The minimum atomic E-state index is -3.78. The molecule has 0 saturated heterocycles. The fourth-order valence-corrected chi connectivity index (χ4v) is 3.66. The minimum absolute atomic E-state index is 0.145. The lowest BCUT2D eigenvalue weighted by Crippen LogP contribution is -2.49. The Balaban J connectivity index is 2.11. The second kappa shape index (κ2) is 7.63. The highest BCUT2D eigenvalue weighted by Crippen LogP contribution is 2.13. The van der Waals surface area contributed by atoms with Crippen molar-refractivity contribution in [3.05, 3.63) is 54.0 Å². The highest BCUT2D eigenvalue weighted by atomic mass is 32.2. The molecule has 0 aliphatic rings. The maximum atomic E-state index is 12.5. The van der Waals surface area contributed by atoms with Gasteiger partial charge >= 0.3 is 0 Å². The van der Waals surface area contributed by atoms with Gasteiger partial charge in [0, 0.05) is 0 Å². The van der Waals surface area contributed by atoms with Crippen LogP contribution in [0.25, 0.3) is 0 Å². The molecule has 24 heavy (non-hydrogen) atoms. The van der Waals surface area contributed by atoms with Crippen LogP contribution in [0.2, 0.25) is 0 Å². The van der Waals surface area contributed by atoms with Gasteiger partial charge in [0.2, 0.25) is 15.9 Å². The van der Waals surface area contributed by atoms with Crippen molar-refractivity contribution in [2.45, 2.75) is 38.3 Å². The summed E-state index contributed by atoms with van der Waals surface area (Å²) in [6, 6.07) is 9.16. The van der Waals surface area contributed by atoms with Crippen molar-refractivity contribution >= 4 is 15.9 Å². The highest BCUT2D eigenvalue weighted by molar-refractivity contribution is 7.89. The van der Waals surface area contributed by atoms with E-state index in [1.165, 1.54) is 12.3 Å². The first-order chi connectivity index (χ1) is 11.3. The number of amides is 1. The van der Waals surface area contributed by atoms with Crippen molar-refractivity contribution < 1.29 is 17.6 Å². The van der Waals surface area contributed by atoms with Crippen LogP contribution in [0.4, 0.5) is 0 Å². The first-order valence-electron chi connectivity index (χ1n) is 7.68. The Kier molecular flexibility index (Phi) is 5.80. The molecule has 6 nitrogen and oxygen atoms in total. The monoisotopic (exact) mass is 350 g/mol. The predicted octanol–water partition coefficient (Wildman–Crippen LogP) is 2.21. The number of sulfonamides is 1. The largest absolute Gasteiger partial charge is 0.467 e. The average Bonchev–Trinajstić information content (AvgIpc) is 3.03. The summed E-state index contributed by atoms with van der Waals surface area (Å²) in [4.78, 5) is 12.5. The molecule has 1 heterocycles. The highest BCUT2D eigenvalue weighted by Gasteiger charge is 2.28. The number of hydrogen-bond acceptors (Lipinski definition) is 4. The molecule has 2 N–H and O–H groups in total. The summed E-state index contributed by atoms with van der Waals surface area (Å²) in [6.07, 6.45) is 1.52. The van der Waals surface area contributed by atoms with Gasteiger partial charge < -0.3 is 9.73 Å². The number of rotatable bonds is 7. The molecule has 1 aromatic heterocycles. The summed E-state index contributed by atoms with van der Waals surface area (Å²) < 4.78 is 32.7. The van der Waals surface area contributed by atoms with Crippen molar-refractivity contribution in [2.24, 2.45) is 5.92 Å². The number of aryl methyl sites for hydroxylation is 1. The molecule has 2 aromatic rings. The molecule has 1 atom stereocenters. The maximum Gasteiger partial charge on any atom is 0.241 e. The number of benzene rings is 1. The van der Waals surface area contributed by atoms with Crippen molar-refractivity contribution in [2.75, 3.05) is 0 Å². The number of hydrogen-bond donors (Lipinski definition) is 2. The van der Waals surface area contributed by atoms with Crippen LogP contribution >= 0.6 is 0 Å². The molecule has 0 bridgehead atoms. The first kappa shape index (κ1) is 18.2. The van der Waals surface area contributed by atoms with E-state index in [1.807, 2.05) is 13.0 Å². The van der Waals surface area contributed by atoms with E-state index in [-0.39, 0.29) is 17.4 Å². The molecule has 0 fully saturated rings. The third-order valence-corrected chi connectivity index (χ3v) is 4.99. The molecule has 0 saturated carbocycles. The topological polar surface area (TPSA) is 88.4 Å². The number of nitrogens with one attached hydrogen (secondary N) is 2. The van der Waals surface area contributed by atoms with E-state index in [1.54, 1.807) is 38.1 Å². The van der Waals surface area contributed by atoms with Crippen molar-refractivity contribution in [3.63, 3.8) is 0 Å². The number of carbonyl (C=O) groups is 1. The van der Waals surface area contributed by atoms with Crippen LogP contribution in [0.15, 0.2) is 52.0 Å². The third kappa shape index (κ3) is 4.69. The third-order valence-electron chi connectivity index (χ3n) is 3.55. The van der Waals surface area contributed by atoms with Gasteiger partial charge in [-0.05, 0) is 42.7 Å². The fourth-order valence-electron chi connectivity index (χ4n) is 2.21. The summed E-state index contributed by atoms with van der Waals surface area (Å²) in [6.45, 7) is 5.60. The van der Waals surface area contributed by atoms with Gasteiger partial charge in [-0.25, -0.2) is 8.42 Å². The van der Waals surface area contributed by atoms with Crippen LogP contribution in [0.3, 0.4) is 0 Å². The van der Waals surface area contributed by atoms with Gasteiger partial charge in [0.05, 0.1) is 17.7 Å². The fraction of sp³-hybridized carbons (Fsp3) is 0.353. The lowest BCUT2D eigenvalue weighted by Gasteiger charge is -2.21. The molecule has 130 valence electrons. The first-order valence-corrected chi connectivity index (χ1v) is 9.17. The van der Waals surface area contributed by atoms with E-state index >= 15 is 0 Å². The molecule has 0 aliphatic carbocycles. The molecule has 0 unspecified atom stereocenters. The second-order valence-corrected chi connectivity index (χ2v) is 7.67. The average molecular weight is 350 g/mol. The quantitative estimate of drug-likeness (QED) is 0.801. The van der Waals surface area contributed by atoms with Crippen molar-refractivity contribution in [1.82, 2.24) is 10.0 Å². The second-order valence-electron chi connectivity index (χ2n) is 5.96. The van der Waals surface area contributed by atoms with E-state index in [0.29, 0.717) is 5.76 Å². The predicted molar refractivity (Wildman–Crippen MR) is 90.7 cm³/mol. The summed E-state index contributed by atoms with van der Waals surface area (Å²) >= 11 is 0. The van der Waals surface area contributed by atoms with Crippen molar-refractivity contribution in [1.29, 1.82) is 0 Å². The van der Waals surface area contributed by atoms with Gasteiger partial charge in [-0.1, -0.05) is 26.0 Å². The standard InChI is InChI=1S/C17H22N2O4S/c1-12(2)16(17(20)18-11-14-7-5-9-23-14)19-24(21,22)15-8-4-6-13(3)10-15/h4-10,12,16,19H,11H2,1-3H3,(H,18,20)/t16-/m0/s1. The smallest absolute Gasteiger partial charge is 0.241 e. The minimum Gasteiger partial charge on any atom is -0.467 e. The van der Waals surface area contributed by atoms with E-state index < -0.39 is 22.0 Å². The van der Waals surface area contributed by atoms with E-state index in [0.717, 1.165) is 5.56 Å². The SMILES string of the molecule is Cc1cccc(S(=O)(=O)N[C@H](C(=O)NCc2ccco2)C(C)C)c1. The van der Waals surface area contributed by atoms with Gasteiger partial charge in [0.15, 0.2) is 0 Å². The Labute approximate surface area is 142 Å². The zero-order valence-electron chi connectivity index (χ0n) is 13.9. The van der Waals surface area contributed by atoms with Gasteiger partial charge in [-0.3, -0.25) is 4.79 Å². The Morgan fingerprint density at radius 3 is 2.54 bits per heavy atom. The Morgan fingerprint density at radius 1 is 1.21 bits per heavy atom. The molecule has 1 aromatic carbocycles. The molecule has 2 rings (SSSR count). The van der Waals surface area contributed by atoms with Crippen LogP contribution in [0, 0.1) is 12.8 Å². The van der Waals surface area contributed by atoms with Crippen molar-refractivity contribution in [3.8, 4) is 0 Å². The number of furan rings is 1. The zero-order chi connectivity index (χ0) is 17.7. The maximum absolute atomic E-state index is 12.5. The van der Waals surface area contributed by atoms with Crippen LogP contribution in [-0.4, -0.2) is 20.4 Å². The summed E-state index contributed by atoms with van der Waals surface area (Å²) in [5.41, 5.74) is 0.834. The van der Waals surface area contributed by atoms with E-state index in [2.05, 4.69) is 10.0 Å². The van der Waals surface area contributed by atoms with Crippen LogP contribution in [0.1, 0.15) is 25.2 Å². The molecular formula is C17H22N2O4S. The summed E-state index contributed by atoms with van der Waals surface area (Å²) in [7, 11) is -3.78. The van der Waals surface area contributed by atoms with Crippen LogP contribution in [0.5, 0.6) is 0 Å². The number of carbonyl (C=O) groups excluding carboxylic acids is 1. The Bertz CT molecular complexity index is 783. The Morgan fingerprint density at radius 2 is 1.96 bits per heavy atom. The molecular weight excluding hydrogens is 328 g/mol. The van der Waals surface area contributed by atoms with Gasteiger partial charge in [0.25, 0.3) is 0 Å². The summed E-state index contributed by atoms with van der Waals surface area (Å²) in [5, 5.41) is 2.69. The van der Waals surface area contributed by atoms with Crippen LogP contribution in [-0.2, 0) is 21.4 Å². The van der Waals surface area contributed by atoms with Gasteiger partial charge in [0.1, 0.15) is 11.8 Å². The van der Waals surface area contributed by atoms with Gasteiger partial charge in [-0.2, -0.15) is 4.72 Å². The molecule has 0 aliphatic heterocycles. The molecule has 1 amide bonds. The van der Waals surface area contributed by atoms with E-state index in [9.17, 15) is 13.2 Å². The van der Waals surface area contributed by atoms with E-state index in [4.69, 9.17) is 4.42 Å². The molecule has 0 radical (unpaired) electrons. The van der Waals surface area contributed by atoms with Crippen LogP contribution < -0.4 is 10.0 Å². The molecule has 0 spiro atoms. The zero-order valence-corrected chi connectivity index (χ0v) is 14.8. The lowest BCUT2D eigenvalue weighted by molar-refractivity contribution is -0.123. The normalized spacial score (nSPS) is 13.0. The molecule has 7 heteroatoms. The summed E-state index contributed by atoms with van der Waals surface area (Å²) in [5.74, 6) is 0.00575. The lowest BCUT2D eigenvalue weighted by atomic mass is 10.1. The van der Waals surface area contributed by atoms with Gasteiger partial charge in [-0.15, -0.1) is 0 Å². The Hall–Kier alpha value is -2.12.